The summed E-state index contributed by atoms with van der Waals surface area (Å²) in [5.41, 5.74) is -0.709. The zero-order valence-electron chi connectivity index (χ0n) is 8.77. The van der Waals surface area contributed by atoms with Crippen LogP contribution in [0.4, 0.5) is 0 Å². The normalized spacial score (nSPS) is 16.0. The van der Waals surface area contributed by atoms with Gasteiger partial charge in [0.15, 0.2) is 5.45 Å². The van der Waals surface area contributed by atoms with E-state index in [9.17, 15) is 14.7 Å². The summed E-state index contributed by atoms with van der Waals surface area (Å²) in [5, 5.41) is 21.3. The van der Waals surface area contributed by atoms with E-state index in [1.807, 2.05) is 0 Å². The summed E-state index contributed by atoms with van der Waals surface area (Å²) in [6.45, 7) is 2.88. The van der Waals surface area contributed by atoms with Gasteiger partial charge < -0.3 is 15.0 Å². The van der Waals surface area contributed by atoms with Crippen molar-refractivity contribution in [1.29, 1.82) is 0 Å². The van der Waals surface area contributed by atoms with Crippen molar-refractivity contribution in [3.05, 3.63) is 21.8 Å². The highest BCUT2D eigenvalue weighted by Gasteiger charge is 2.25. The molecule has 92 valence electrons. The van der Waals surface area contributed by atoms with Crippen molar-refractivity contribution >= 4 is 13.0 Å². The average molecular weight is 252 g/mol. The highest BCUT2D eigenvalue weighted by Crippen LogP contribution is 2.38. The quantitative estimate of drug-likeness (QED) is 0.219. The number of allylic oxidation sites excluding steroid dienone is 1. The molecule has 0 amide bonds. The largest absolute Gasteiger partial charge is 0.410 e. The molecule has 9 heteroatoms. The molecule has 0 aromatic heterocycles. The van der Waals surface area contributed by atoms with Gasteiger partial charge in [0.25, 0.3) is 0 Å². The minimum Gasteiger partial charge on any atom is -0.410 e. The Bertz CT molecular complexity index is 371. The molecule has 0 rings (SSSR count). The number of nitrogens with zero attached hydrogens (tertiary/aromatic N) is 2. The van der Waals surface area contributed by atoms with Gasteiger partial charge in [-0.1, -0.05) is 12.1 Å². The number of hydrogen-bond acceptors (Lipinski definition) is 5. The van der Waals surface area contributed by atoms with Crippen LogP contribution in [-0.2, 0) is 4.57 Å². The van der Waals surface area contributed by atoms with Gasteiger partial charge in [-0.25, -0.2) is 0 Å². The van der Waals surface area contributed by atoms with E-state index in [1.54, 1.807) is 6.92 Å². The van der Waals surface area contributed by atoms with Crippen LogP contribution in [0.1, 0.15) is 20.3 Å². The average Bonchev–Trinajstić information content (AvgIpc) is 2.16. The predicted molar refractivity (Wildman–Crippen MR) is 56.1 cm³/mol. The zero-order chi connectivity index (χ0) is 12.9. The Balaban J connectivity index is 5.25. The van der Waals surface area contributed by atoms with Crippen molar-refractivity contribution in [2.45, 2.75) is 26.3 Å². The van der Waals surface area contributed by atoms with Crippen molar-refractivity contribution in [2.75, 3.05) is 0 Å². The lowest BCUT2D eigenvalue weighted by molar-refractivity contribution is -0.507. The first-order valence-electron chi connectivity index (χ1n) is 4.36. The van der Waals surface area contributed by atoms with Crippen molar-refractivity contribution in [1.82, 2.24) is 0 Å². The molecule has 0 aromatic carbocycles. The van der Waals surface area contributed by atoms with E-state index >= 15 is 0 Å². The van der Waals surface area contributed by atoms with E-state index in [0.717, 1.165) is 6.08 Å². The molecule has 0 aromatic rings. The lowest BCUT2D eigenvalue weighted by atomic mass is 10.1. The molecule has 0 fully saturated rings. The summed E-state index contributed by atoms with van der Waals surface area (Å²) in [5.74, 6) is 0. The van der Waals surface area contributed by atoms with Crippen LogP contribution in [-0.4, -0.2) is 31.4 Å². The predicted octanol–water partition coefficient (Wildman–Crippen LogP) is 0.953. The van der Waals surface area contributed by atoms with Gasteiger partial charge in [0.1, 0.15) is 0 Å². The molecule has 0 bridgehead atoms. The van der Waals surface area contributed by atoms with E-state index in [2.05, 4.69) is 5.16 Å². The Morgan fingerprint density at radius 2 is 2.12 bits per heavy atom. The maximum absolute atomic E-state index is 10.8. The third kappa shape index (κ3) is 4.09. The second kappa shape index (κ2) is 5.74. The standard InChI is InChI=1S/C7H13N2O6P/c1-3-6(5(2)9(11)12)4-7(8-10)16(13,14)15/h4-5,10H,3H2,1-2H3,(H2,13,14,15)/b6-4+,8-7?. The summed E-state index contributed by atoms with van der Waals surface area (Å²) in [6, 6.07) is -1.09. The van der Waals surface area contributed by atoms with Gasteiger partial charge in [-0.3, -0.25) is 14.7 Å². The Hall–Kier alpha value is -1.24. The van der Waals surface area contributed by atoms with Crippen LogP contribution < -0.4 is 0 Å². The minimum atomic E-state index is -4.71. The molecular formula is C7H13N2O6P. The molecule has 3 N–H and O–H groups in total. The molecule has 1 unspecified atom stereocenters. The molecule has 0 saturated heterocycles. The fraction of sp³-hybridized carbons (Fsp3) is 0.571. The molecular weight excluding hydrogens is 239 g/mol. The first-order valence-corrected chi connectivity index (χ1v) is 5.97. The number of rotatable bonds is 5. The van der Waals surface area contributed by atoms with Crippen molar-refractivity contribution in [2.24, 2.45) is 5.16 Å². The van der Waals surface area contributed by atoms with Crippen LogP contribution in [0.5, 0.6) is 0 Å². The lowest BCUT2D eigenvalue weighted by Crippen LogP contribution is -2.18. The van der Waals surface area contributed by atoms with Gasteiger partial charge in [-0.05, 0) is 12.5 Å². The van der Waals surface area contributed by atoms with E-state index in [1.165, 1.54) is 6.92 Å². The van der Waals surface area contributed by atoms with E-state index in [0.29, 0.717) is 0 Å². The molecule has 0 heterocycles. The highest BCUT2D eigenvalue weighted by atomic mass is 31.2. The van der Waals surface area contributed by atoms with Gasteiger partial charge in [-0.15, -0.1) is 0 Å². The van der Waals surface area contributed by atoms with Crippen molar-refractivity contribution < 1.29 is 24.5 Å². The fourth-order valence-electron chi connectivity index (χ4n) is 0.991. The molecule has 0 aliphatic rings. The second-order valence-electron chi connectivity index (χ2n) is 3.04. The summed E-state index contributed by atoms with van der Waals surface area (Å²) in [7, 11) is -4.71. The third-order valence-corrected chi connectivity index (χ3v) is 2.79. The maximum Gasteiger partial charge on any atom is 0.377 e. The third-order valence-electron chi connectivity index (χ3n) is 1.98. The first-order chi connectivity index (χ1) is 7.23. The minimum absolute atomic E-state index is 0.168. The summed E-state index contributed by atoms with van der Waals surface area (Å²) in [4.78, 5) is 27.4. The van der Waals surface area contributed by atoms with Crippen LogP contribution >= 0.6 is 7.60 Å². The topological polar surface area (TPSA) is 133 Å². The van der Waals surface area contributed by atoms with Crippen LogP contribution in [0, 0.1) is 10.1 Å². The van der Waals surface area contributed by atoms with E-state index < -0.39 is 24.0 Å². The fourth-order valence-corrected chi connectivity index (χ4v) is 1.44. The van der Waals surface area contributed by atoms with Gasteiger partial charge in [0, 0.05) is 17.4 Å². The lowest BCUT2D eigenvalue weighted by Gasteiger charge is -2.08. The van der Waals surface area contributed by atoms with E-state index in [-0.39, 0.29) is 12.0 Å². The number of oxime groups is 1. The van der Waals surface area contributed by atoms with Crippen molar-refractivity contribution in [3.63, 3.8) is 0 Å². The highest BCUT2D eigenvalue weighted by molar-refractivity contribution is 7.71. The molecule has 1 atom stereocenters. The Morgan fingerprint density at radius 1 is 1.62 bits per heavy atom. The second-order valence-corrected chi connectivity index (χ2v) is 4.58. The smallest absolute Gasteiger partial charge is 0.377 e. The molecule has 0 spiro atoms. The van der Waals surface area contributed by atoms with Crippen molar-refractivity contribution in [3.8, 4) is 0 Å². The van der Waals surface area contributed by atoms with Crippen LogP contribution in [0.25, 0.3) is 0 Å². The van der Waals surface area contributed by atoms with Crippen LogP contribution in [0.2, 0.25) is 0 Å². The Kier molecular flexibility index (Phi) is 5.29. The van der Waals surface area contributed by atoms with E-state index in [4.69, 9.17) is 15.0 Å². The van der Waals surface area contributed by atoms with Gasteiger partial charge in [0.2, 0.25) is 6.04 Å². The number of nitro groups is 1. The molecule has 8 nitrogen and oxygen atoms in total. The SMILES string of the molecule is CC/C(=C\C(=NO)P(=O)(O)O)C(C)[N+](=O)[O-]. The summed E-state index contributed by atoms with van der Waals surface area (Å²) >= 11 is 0. The summed E-state index contributed by atoms with van der Waals surface area (Å²) in [6.07, 6.45) is 1.08. The first kappa shape index (κ1) is 14.8. The molecule has 0 aliphatic carbocycles. The maximum atomic E-state index is 10.8. The summed E-state index contributed by atoms with van der Waals surface area (Å²) < 4.78 is 10.8. The zero-order valence-corrected chi connectivity index (χ0v) is 9.66. The molecule has 16 heavy (non-hydrogen) atoms. The Labute approximate surface area is 91.6 Å². The van der Waals surface area contributed by atoms with Crippen LogP contribution in [0.3, 0.4) is 0 Å². The monoisotopic (exact) mass is 252 g/mol. The van der Waals surface area contributed by atoms with Gasteiger partial charge >= 0.3 is 7.60 Å². The molecule has 0 radical (unpaired) electrons. The molecule has 0 aliphatic heterocycles. The van der Waals surface area contributed by atoms with Gasteiger partial charge in [0.05, 0.1) is 0 Å². The number of hydrogen-bond donors (Lipinski definition) is 3. The van der Waals surface area contributed by atoms with Crippen LogP contribution in [0.15, 0.2) is 16.8 Å². The van der Waals surface area contributed by atoms with Gasteiger partial charge in [-0.2, -0.15) is 0 Å². The molecule has 0 saturated carbocycles. The Morgan fingerprint density at radius 3 is 2.38 bits per heavy atom.